The number of aromatic nitrogens is 2. The summed E-state index contributed by atoms with van der Waals surface area (Å²) in [6.07, 6.45) is 6.99. The van der Waals surface area contributed by atoms with Crippen LogP contribution in [0.25, 0.3) is 11.1 Å². The number of amides is 1. The number of nitrogens with zero attached hydrogens (tertiary/aromatic N) is 2. The van der Waals surface area contributed by atoms with Gasteiger partial charge >= 0.3 is 0 Å². The zero-order valence-electron chi connectivity index (χ0n) is 11.2. The summed E-state index contributed by atoms with van der Waals surface area (Å²) in [6.45, 7) is 8.35. The highest BCUT2D eigenvalue weighted by Gasteiger charge is 2.13. The predicted octanol–water partition coefficient (Wildman–Crippen LogP) is 2.89. The van der Waals surface area contributed by atoms with Crippen LogP contribution in [0.2, 0.25) is 0 Å². The van der Waals surface area contributed by atoms with Gasteiger partial charge in [0.15, 0.2) is 0 Å². The fourth-order valence-electron chi connectivity index (χ4n) is 1.95. The summed E-state index contributed by atoms with van der Waals surface area (Å²) >= 11 is 0. The maximum Gasteiger partial charge on any atom is 0.254 e. The van der Waals surface area contributed by atoms with Crippen LogP contribution in [0, 0.1) is 0 Å². The second kappa shape index (κ2) is 6.52. The van der Waals surface area contributed by atoms with Crippen LogP contribution in [0.15, 0.2) is 62.0 Å². The zero-order chi connectivity index (χ0) is 14.4. The molecule has 0 aliphatic carbocycles. The second-order valence-corrected chi connectivity index (χ2v) is 4.35. The van der Waals surface area contributed by atoms with Crippen molar-refractivity contribution >= 4 is 5.91 Å². The van der Waals surface area contributed by atoms with E-state index in [-0.39, 0.29) is 5.91 Å². The summed E-state index contributed by atoms with van der Waals surface area (Å²) in [4.78, 5) is 14.0. The third-order valence-corrected chi connectivity index (χ3v) is 2.95. The van der Waals surface area contributed by atoms with E-state index < -0.39 is 0 Å². The van der Waals surface area contributed by atoms with Crippen molar-refractivity contribution in [2.75, 3.05) is 13.1 Å². The van der Waals surface area contributed by atoms with Crippen molar-refractivity contribution < 1.29 is 4.79 Å². The Labute approximate surface area is 118 Å². The number of rotatable bonds is 6. The first kappa shape index (κ1) is 13.8. The van der Waals surface area contributed by atoms with Crippen LogP contribution in [0.3, 0.4) is 0 Å². The normalized spacial score (nSPS) is 10.0. The molecule has 0 bridgehead atoms. The molecule has 0 radical (unpaired) electrons. The summed E-state index contributed by atoms with van der Waals surface area (Å²) in [5.74, 6) is -0.0245. The molecule has 102 valence electrons. The van der Waals surface area contributed by atoms with Gasteiger partial charge in [-0.1, -0.05) is 24.3 Å². The van der Waals surface area contributed by atoms with Crippen molar-refractivity contribution in [2.45, 2.75) is 0 Å². The van der Waals surface area contributed by atoms with Gasteiger partial charge in [0, 0.05) is 30.4 Å². The van der Waals surface area contributed by atoms with Crippen LogP contribution in [-0.2, 0) is 0 Å². The van der Waals surface area contributed by atoms with Crippen LogP contribution in [0.5, 0.6) is 0 Å². The number of carbonyl (C=O) groups is 1. The molecule has 1 amide bonds. The topological polar surface area (TPSA) is 49.0 Å². The minimum atomic E-state index is -0.0245. The molecule has 1 aromatic heterocycles. The molecule has 0 unspecified atom stereocenters. The number of aromatic amines is 1. The van der Waals surface area contributed by atoms with Gasteiger partial charge in [0.25, 0.3) is 5.91 Å². The standard InChI is InChI=1S/C16H17N3O/c1-3-9-19(10-4-2)16(20)14-7-5-13(6-8-14)15-11-17-18-12-15/h3-8,11-12H,1-2,9-10H2,(H,17,18). The zero-order valence-corrected chi connectivity index (χ0v) is 11.2. The first-order valence-corrected chi connectivity index (χ1v) is 6.36. The molecule has 20 heavy (non-hydrogen) atoms. The van der Waals surface area contributed by atoms with Gasteiger partial charge in [-0.15, -0.1) is 13.2 Å². The van der Waals surface area contributed by atoms with Crippen LogP contribution >= 0.6 is 0 Å². The molecule has 2 rings (SSSR count). The lowest BCUT2D eigenvalue weighted by molar-refractivity contribution is 0.0791. The van der Waals surface area contributed by atoms with E-state index in [0.29, 0.717) is 18.7 Å². The van der Waals surface area contributed by atoms with Crippen LogP contribution in [-0.4, -0.2) is 34.1 Å². The van der Waals surface area contributed by atoms with Gasteiger partial charge in [0.2, 0.25) is 0 Å². The SMILES string of the molecule is C=CCN(CC=C)C(=O)c1ccc(-c2cn[nH]c2)cc1. The largest absolute Gasteiger partial charge is 0.331 e. The third kappa shape index (κ3) is 3.03. The quantitative estimate of drug-likeness (QED) is 0.818. The highest BCUT2D eigenvalue weighted by Crippen LogP contribution is 2.18. The van der Waals surface area contributed by atoms with E-state index in [1.165, 1.54) is 0 Å². The molecule has 4 heteroatoms. The molecule has 1 N–H and O–H groups in total. The molecule has 0 aliphatic heterocycles. The summed E-state index contributed by atoms with van der Waals surface area (Å²) < 4.78 is 0. The van der Waals surface area contributed by atoms with Gasteiger partial charge in [-0.05, 0) is 17.7 Å². The van der Waals surface area contributed by atoms with Crippen LogP contribution in [0.1, 0.15) is 10.4 Å². The van der Waals surface area contributed by atoms with E-state index in [1.807, 2.05) is 30.5 Å². The molecule has 1 aromatic carbocycles. The van der Waals surface area contributed by atoms with Crippen molar-refractivity contribution in [2.24, 2.45) is 0 Å². The molecular weight excluding hydrogens is 250 g/mol. The molecule has 0 saturated heterocycles. The Bertz CT molecular complexity index is 575. The first-order chi connectivity index (χ1) is 9.76. The van der Waals surface area contributed by atoms with Crippen molar-refractivity contribution in [3.63, 3.8) is 0 Å². The summed E-state index contributed by atoms with van der Waals surface area (Å²) in [7, 11) is 0. The number of carbonyl (C=O) groups excluding carboxylic acids is 1. The number of H-pyrrole nitrogens is 1. The minimum absolute atomic E-state index is 0.0245. The van der Waals surface area contributed by atoms with E-state index in [2.05, 4.69) is 23.4 Å². The Hall–Kier alpha value is -2.62. The maximum atomic E-state index is 12.3. The van der Waals surface area contributed by atoms with Crippen LogP contribution in [0.4, 0.5) is 0 Å². The third-order valence-electron chi connectivity index (χ3n) is 2.95. The molecule has 1 heterocycles. The predicted molar refractivity (Wildman–Crippen MR) is 80.3 cm³/mol. The number of benzene rings is 1. The van der Waals surface area contributed by atoms with Gasteiger partial charge in [-0.2, -0.15) is 5.10 Å². The minimum Gasteiger partial charge on any atom is -0.331 e. The highest BCUT2D eigenvalue weighted by molar-refractivity contribution is 5.94. The summed E-state index contributed by atoms with van der Waals surface area (Å²) in [5, 5.41) is 6.68. The van der Waals surface area contributed by atoms with Crippen molar-refractivity contribution in [1.29, 1.82) is 0 Å². The Morgan fingerprint density at radius 3 is 2.30 bits per heavy atom. The van der Waals surface area contributed by atoms with Crippen LogP contribution < -0.4 is 0 Å². The molecule has 0 aliphatic rings. The molecule has 0 spiro atoms. The van der Waals surface area contributed by atoms with E-state index >= 15 is 0 Å². The van der Waals surface area contributed by atoms with Crippen molar-refractivity contribution in [3.05, 3.63) is 67.5 Å². The van der Waals surface area contributed by atoms with Crippen molar-refractivity contribution in [1.82, 2.24) is 15.1 Å². The highest BCUT2D eigenvalue weighted by atomic mass is 16.2. The number of hydrogen-bond donors (Lipinski definition) is 1. The molecule has 4 nitrogen and oxygen atoms in total. The Morgan fingerprint density at radius 2 is 1.80 bits per heavy atom. The number of nitrogens with one attached hydrogen (secondary N) is 1. The van der Waals surface area contributed by atoms with Crippen molar-refractivity contribution in [3.8, 4) is 11.1 Å². The number of hydrogen-bond acceptors (Lipinski definition) is 2. The monoisotopic (exact) mass is 267 g/mol. The Kier molecular flexibility index (Phi) is 4.50. The first-order valence-electron chi connectivity index (χ1n) is 6.36. The lowest BCUT2D eigenvalue weighted by atomic mass is 10.1. The average Bonchev–Trinajstić information content (AvgIpc) is 3.01. The second-order valence-electron chi connectivity index (χ2n) is 4.35. The van der Waals surface area contributed by atoms with E-state index in [9.17, 15) is 4.79 Å². The van der Waals surface area contributed by atoms with Gasteiger partial charge in [-0.3, -0.25) is 9.89 Å². The fourth-order valence-corrected chi connectivity index (χ4v) is 1.95. The fraction of sp³-hybridized carbons (Fsp3) is 0.125. The van der Waals surface area contributed by atoms with E-state index in [1.54, 1.807) is 23.2 Å². The molecule has 0 fully saturated rings. The van der Waals surface area contributed by atoms with E-state index in [4.69, 9.17) is 0 Å². The smallest absolute Gasteiger partial charge is 0.254 e. The molecule has 2 aromatic rings. The van der Waals surface area contributed by atoms with Gasteiger partial charge in [0.1, 0.15) is 0 Å². The average molecular weight is 267 g/mol. The molecular formula is C16H17N3O. The summed E-state index contributed by atoms with van der Waals surface area (Å²) in [6, 6.07) is 7.48. The van der Waals surface area contributed by atoms with Gasteiger partial charge in [-0.25, -0.2) is 0 Å². The maximum absolute atomic E-state index is 12.3. The summed E-state index contributed by atoms with van der Waals surface area (Å²) in [5.41, 5.74) is 2.67. The van der Waals surface area contributed by atoms with Gasteiger partial charge in [0.05, 0.1) is 6.20 Å². The lowest BCUT2D eigenvalue weighted by Gasteiger charge is -2.19. The molecule has 0 saturated carbocycles. The Morgan fingerprint density at radius 1 is 1.15 bits per heavy atom. The lowest BCUT2D eigenvalue weighted by Crippen LogP contribution is -2.31. The van der Waals surface area contributed by atoms with Gasteiger partial charge < -0.3 is 4.90 Å². The van der Waals surface area contributed by atoms with E-state index in [0.717, 1.165) is 11.1 Å². The molecule has 0 atom stereocenters. The Balaban J connectivity index is 2.18.